The molecule has 0 amide bonds. The second-order valence-electron chi connectivity index (χ2n) is 9.10. The Hall–Kier alpha value is -2.35. The normalized spacial score (nSPS) is 19.7. The molecule has 3 heterocycles. The Morgan fingerprint density at radius 3 is 2.48 bits per heavy atom. The van der Waals surface area contributed by atoms with Crippen LogP contribution < -0.4 is 16.1 Å². The third-order valence-corrected chi connectivity index (χ3v) is 7.27. The predicted octanol–water partition coefficient (Wildman–Crippen LogP) is 3.50. The van der Waals surface area contributed by atoms with Crippen LogP contribution in [0.25, 0.3) is 11.2 Å². The Morgan fingerprint density at radius 1 is 1.06 bits per heavy atom. The van der Waals surface area contributed by atoms with Crippen LogP contribution in [0.15, 0.2) is 38.3 Å². The van der Waals surface area contributed by atoms with E-state index in [0.29, 0.717) is 23.1 Å². The molecule has 1 fully saturated rings. The summed E-state index contributed by atoms with van der Waals surface area (Å²) in [5.41, 5.74) is 1.37. The fourth-order valence-electron chi connectivity index (χ4n) is 5.16. The van der Waals surface area contributed by atoms with Crippen LogP contribution in [0.4, 0.5) is 5.95 Å². The van der Waals surface area contributed by atoms with E-state index in [1.165, 1.54) is 41.2 Å². The van der Waals surface area contributed by atoms with Gasteiger partial charge < -0.3 is 9.47 Å². The zero-order valence-electron chi connectivity index (χ0n) is 18.1. The van der Waals surface area contributed by atoms with Crippen molar-refractivity contribution in [2.24, 2.45) is 13.0 Å². The molecule has 1 aliphatic heterocycles. The molecule has 0 N–H and O–H groups in total. The lowest BCUT2D eigenvalue weighted by Gasteiger charge is -2.40. The van der Waals surface area contributed by atoms with Crippen LogP contribution in [-0.4, -0.2) is 31.3 Å². The zero-order chi connectivity index (χ0) is 21.7. The van der Waals surface area contributed by atoms with Gasteiger partial charge in [-0.25, -0.2) is 4.79 Å². The smallest absolute Gasteiger partial charge is 0.332 e. The predicted molar refractivity (Wildman–Crippen MR) is 126 cm³/mol. The van der Waals surface area contributed by atoms with Gasteiger partial charge in [-0.15, -0.1) is 0 Å². The summed E-state index contributed by atoms with van der Waals surface area (Å²) >= 11 is 3.43. The molecule has 1 saturated carbocycles. The second kappa shape index (κ2) is 7.97. The number of imidazole rings is 1. The molecule has 1 atom stereocenters. The third-order valence-electron chi connectivity index (χ3n) is 6.74. The van der Waals surface area contributed by atoms with Gasteiger partial charge in [0.05, 0.1) is 6.54 Å². The van der Waals surface area contributed by atoms with Gasteiger partial charge in [0.15, 0.2) is 11.2 Å². The molecule has 3 aromatic rings. The van der Waals surface area contributed by atoms with E-state index in [1.807, 2.05) is 24.3 Å². The van der Waals surface area contributed by atoms with E-state index in [9.17, 15) is 9.59 Å². The van der Waals surface area contributed by atoms with Crippen molar-refractivity contribution in [2.75, 3.05) is 11.4 Å². The van der Waals surface area contributed by atoms with Crippen molar-refractivity contribution in [3.63, 3.8) is 0 Å². The molecule has 164 valence electrons. The molecule has 2 aliphatic rings. The number of nitrogens with zero attached hydrogens (tertiary/aromatic N) is 5. The topological polar surface area (TPSA) is 65.1 Å². The summed E-state index contributed by atoms with van der Waals surface area (Å²) in [6.07, 6.45) is 6.12. The van der Waals surface area contributed by atoms with E-state index in [0.717, 1.165) is 29.1 Å². The van der Waals surface area contributed by atoms with Crippen molar-refractivity contribution >= 4 is 33.0 Å². The number of aryl methyl sites for hydroxylation is 1. The maximum Gasteiger partial charge on any atom is 0.332 e. The van der Waals surface area contributed by atoms with Crippen molar-refractivity contribution in [2.45, 2.75) is 58.2 Å². The van der Waals surface area contributed by atoms with E-state index in [1.54, 1.807) is 7.05 Å². The average molecular weight is 486 g/mol. The van der Waals surface area contributed by atoms with Crippen LogP contribution in [0.2, 0.25) is 0 Å². The Balaban J connectivity index is 1.66. The average Bonchev–Trinajstić information content (AvgIpc) is 3.16. The summed E-state index contributed by atoms with van der Waals surface area (Å²) in [4.78, 5) is 33.9. The van der Waals surface area contributed by atoms with Gasteiger partial charge in [0.1, 0.15) is 0 Å². The monoisotopic (exact) mass is 485 g/mol. The lowest BCUT2D eigenvalue weighted by Crippen LogP contribution is -2.45. The van der Waals surface area contributed by atoms with Gasteiger partial charge in [-0.1, -0.05) is 54.2 Å². The first-order valence-corrected chi connectivity index (χ1v) is 11.9. The largest absolute Gasteiger partial charge is 0.339 e. The second-order valence-corrected chi connectivity index (χ2v) is 10.0. The minimum absolute atomic E-state index is 0.247. The first-order chi connectivity index (χ1) is 14.9. The Morgan fingerprint density at radius 2 is 1.77 bits per heavy atom. The fourth-order valence-corrected chi connectivity index (χ4v) is 5.42. The highest BCUT2D eigenvalue weighted by Gasteiger charge is 2.33. The Kier molecular flexibility index (Phi) is 5.28. The van der Waals surface area contributed by atoms with E-state index in [2.05, 4.69) is 32.3 Å². The molecule has 0 saturated heterocycles. The van der Waals surface area contributed by atoms with E-state index < -0.39 is 0 Å². The molecule has 0 unspecified atom stereocenters. The van der Waals surface area contributed by atoms with Gasteiger partial charge in [0, 0.05) is 30.7 Å². The number of hydrogen-bond acceptors (Lipinski definition) is 4. The van der Waals surface area contributed by atoms with Gasteiger partial charge in [0.25, 0.3) is 5.56 Å². The molecular formula is C23H28BrN5O2. The first kappa shape index (κ1) is 20.5. The van der Waals surface area contributed by atoms with Crippen molar-refractivity contribution in [1.29, 1.82) is 0 Å². The highest BCUT2D eigenvalue weighted by atomic mass is 79.9. The molecule has 5 rings (SSSR count). The first-order valence-electron chi connectivity index (χ1n) is 11.1. The van der Waals surface area contributed by atoms with Crippen LogP contribution in [0.1, 0.15) is 44.6 Å². The highest BCUT2D eigenvalue weighted by Crippen LogP contribution is 2.33. The number of fused-ring (bicyclic) bond motifs is 3. The molecule has 8 heteroatoms. The number of halogens is 1. The summed E-state index contributed by atoms with van der Waals surface area (Å²) in [6.45, 7) is 4.18. The van der Waals surface area contributed by atoms with Gasteiger partial charge in [0.2, 0.25) is 5.95 Å². The maximum absolute atomic E-state index is 13.6. The molecular weight excluding hydrogens is 458 g/mol. The molecule has 0 spiro atoms. The molecule has 7 nitrogen and oxygen atoms in total. The van der Waals surface area contributed by atoms with Gasteiger partial charge in [-0.2, -0.15) is 4.98 Å². The summed E-state index contributed by atoms with van der Waals surface area (Å²) in [5, 5.41) is 0. The van der Waals surface area contributed by atoms with E-state index >= 15 is 0 Å². The fraction of sp³-hybridized carbons (Fsp3) is 0.522. The number of benzene rings is 1. The minimum atomic E-state index is -0.326. The summed E-state index contributed by atoms with van der Waals surface area (Å²) in [7, 11) is 1.72. The number of aromatic nitrogens is 4. The van der Waals surface area contributed by atoms with Crippen molar-refractivity contribution in [1.82, 2.24) is 18.7 Å². The molecule has 2 aromatic heterocycles. The minimum Gasteiger partial charge on any atom is -0.339 e. The molecule has 1 aliphatic carbocycles. The quantitative estimate of drug-likeness (QED) is 0.569. The van der Waals surface area contributed by atoms with E-state index in [-0.39, 0.29) is 17.8 Å². The lowest BCUT2D eigenvalue weighted by atomic mass is 9.93. The molecule has 0 radical (unpaired) electrons. The van der Waals surface area contributed by atoms with Crippen LogP contribution in [0.3, 0.4) is 0 Å². The maximum atomic E-state index is 13.6. The van der Waals surface area contributed by atoms with Crippen LogP contribution in [-0.2, 0) is 20.1 Å². The lowest BCUT2D eigenvalue weighted by molar-refractivity contribution is 0.354. The Labute approximate surface area is 189 Å². The Bertz CT molecular complexity index is 1230. The van der Waals surface area contributed by atoms with Crippen molar-refractivity contribution in [3.8, 4) is 0 Å². The highest BCUT2D eigenvalue weighted by molar-refractivity contribution is 9.10. The van der Waals surface area contributed by atoms with Gasteiger partial charge in [-0.05, 0) is 36.5 Å². The third kappa shape index (κ3) is 3.54. The van der Waals surface area contributed by atoms with Crippen LogP contribution in [0, 0.1) is 5.92 Å². The number of rotatable bonds is 3. The molecule has 1 aromatic carbocycles. The molecule has 31 heavy (non-hydrogen) atoms. The SMILES string of the molecule is C[C@H]1CN(C2CCCCC2)c2nc3c(c(=O)n(Cc4ccc(Br)cc4)c(=O)n3C)n2C1. The van der Waals surface area contributed by atoms with Crippen LogP contribution >= 0.6 is 15.9 Å². The standard InChI is InChI=1S/C23H28BrN5O2/c1-15-12-27(18-6-4-3-5-7-18)22-25-20-19(28(22)13-15)21(30)29(23(31)26(20)2)14-16-8-10-17(24)11-9-16/h8-11,15,18H,3-7,12-14H2,1-2H3/t15-/m0/s1. The molecule has 0 bridgehead atoms. The number of hydrogen-bond donors (Lipinski definition) is 0. The number of anilines is 1. The summed E-state index contributed by atoms with van der Waals surface area (Å²) < 4.78 is 5.90. The summed E-state index contributed by atoms with van der Waals surface area (Å²) in [6, 6.07) is 8.17. The zero-order valence-corrected chi connectivity index (χ0v) is 19.6. The van der Waals surface area contributed by atoms with E-state index in [4.69, 9.17) is 4.98 Å². The van der Waals surface area contributed by atoms with Gasteiger partial charge in [-0.3, -0.25) is 13.9 Å². The van der Waals surface area contributed by atoms with Gasteiger partial charge >= 0.3 is 5.69 Å². The summed E-state index contributed by atoms with van der Waals surface area (Å²) in [5.74, 6) is 1.27. The van der Waals surface area contributed by atoms with Crippen molar-refractivity contribution in [3.05, 3.63) is 55.1 Å². The van der Waals surface area contributed by atoms with Crippen LogP contribution in [0.5, 0.6) is 0 Å². The van der Waals surface area contributed by atoms with Crippen molar-refractivity contribution < 1.29 is 0 Å².